The van der Waals surface area contributed by atoms with Gasteiger partial charge in [-0.2, -0.15) is 0 Å². The zero-order chi connectivity index (χ0) is 23.4. The van der Waals surface area contributed by atoms with Crippen molar-refractivity contribution in [1.82, 2.24) is 10.2 Å². The fourth-order valence-electron chi connectivity index (χ4n) is 5.02. The Morgan fingerprint density at radius 3 is 2.30 bits per heavy atom. The molecule has 2 fully saturated rings. The molecule has 2 aliphatic rings. The average Bonchev–Trinajstić information content (AvgIpc) is 3.20. The molecule has 0 radical (unpaired) electrons. The molecule has 2 amide bonds. The van der Waals surface area contributed by atoms with E-state index in [9.17, 15) is 9.59 Å². The first-order valence-corrected chi connectivity index (χ1v) is 12.6. The summed E-state index contributed by atoms with van der Waals surface area (Å²) >= 11 is 13.3. The number of carbonyl (C=O) groups is 2. The zero-order valence-corrected chi connectivity index (χ0v) is 20.3. The fourth-order valence-corrected chi connectivity index (χ4v) is 5.66. The maximum atomic E-state index is 13.1. The van der Waals surface area contributed by atoms with Gasteiger partial charge in [-0.05, 0) is 66.6 Å². The molecule has 2 aromatic rings. The van der Waals surface area contributed by atoms with Gasteiger partial charge in [-0.25, -0.2) is 0 Å². The summed E-state index contributed by atoms with van der Waals surface area (Å²) in [5, 5.41) is 3.91. The number of nitrogens with one attached hydrogen (secondary N) is 1. The second-order valence-electron chi connectivity index (χ2n) is 9.05. The molecule has 0 aromatic heterocycles. The van der Waals surface area contributed by atoms with Gasteiger partial charge in [0.1, 0.15) is 0 Å². The molecule has 4 rings (SSSR count). The van der Waals surface area contributed by atoms with E-state index in [1.54, 1.807) is 12.1 Å². The first-order chi connectivity index (χ1) is 16.0. The number of hydrogen-bond donors (Lipinski definition) is 2. The lowest BCUT2D eigenvalue weighted by Crippen LogP contribution is -2.39. The SMILES string of the molecule is NCCNC(=O)c1ccc(-c2cc(Cl)c(CC3CCN(C4CCCCC4)C3=O)c(Cl)c2)cc1. The van der Waals surface area contributed by atoms with E-state index in [4.69, 9.17) is 28.9 Å². The number of halogens is 2. The molecule has 176 valence electrons. The highest BCUT2D eigenvalue weighted by atomic mass is 35.5. The lowest BCUT2D eigenvalue weighted by atomic mass is 9.93. The summed E-state index contributed by atoms with van der Waals surface area (Å²) in [6.07, 6.45) is 7.40. The highest BCUT2D eigenvalue weighted by Gasteiger charge is 2.36. The minimum atomic E-state index is -0.151. The average molecular weight is 488 g/mol. The molecule has 0 spiro atoms. The first kappa shape index (κ1) is 24.1. The van der Waals surface area contributed by atoms with E-state index >= 15 is 0 Å². The summed E-state index contributed by atoms with van der Waals surface area (Å²) in [6, 6.07) is 11.5. The van der Waals surface area contributed by atoms with Gasteiger partial charge >= 0.3 is 0 Å². The molecular formula is C26H31Cl2N3O2. The van der Waals surface area contributed by atoms with Crippen molar-refractivity contribution >= 4 is 35.0 Å². The normalized spacial score (nSPS) is 19.2. The van der Waals surface area contributed by atoms with Crippen molar-refractivity contribution in [3.63, 3.8) is 0 Å². The molecule has 1 saturated heterocycles. The van der Waals surface area contributed by atoms with Crippen LogP contribution in [0.3, 0.4) is 0 Å². The van der Waals surface area contributed by atoms with Gasteiger partial charge in [0.15, 0.2) is 0 Å². The third-order valence-electron chi connectivity index (χ3n) is 6.87. The van der Waals surface area contributed by atoms with Gasteiger partial charge < -0.3 is 16.0 Å². The van der Waals surface area contributed by atoms with Gasteiger partial charge in [-0.15, -0.1) is 0 Å². The monoisotopic (exact) mass is 487 g/mol. The molecule has 1 saturated carbocycles. The number of amides is 2. The Labute approximate surface area is 205 Å². The van der Waals surface area contributed by atoms with Crippen LogP contribution in [0.25, 0.3) is 11.1 Å². The number of benzene rings is 2. The number of nitrogens with zero attached hydrogens (tertiary/aromatic N) is 1. The van der Waals surface area contributed by atoms with Crippen LogP contribution < -0.4 is 11.1 Å². The summed E-state index contributed by atoms with van der Waals surface area (Å²) in [6.45, 7) is 1.68. The van der Waals surface area contributed by atoms with Gasteiger partial charge in [0.05, 0.1) is 0 Å². The number of nitrogens with two attached hydrogens (primary N) is 1. The molecule has 1 heterocycles. The number of carbonyl (C=O) groups excluding carboxylic acids is 2. The van der Waals surface area contributed by atoms with E-state index in [2.05, 4.69) is 10.2 Å². The van der Waals surface area contributed by atoms with E-state index in [-0.39, 0.29) is 17.7 Å². The van der Waals surface area contributed by atoms with Crippen molar-refractivity contribution in [2.75, 3.05) is 19.6 Å². The van der Waals surface area contributed by atoms with Gasteiger partial charge in [0, 0.05) is 47.2 Å². The van der Waals surface area contributed by atoms with Crippen molar-refractivity contribution in [2.24, 2.45) is 11.7 Å². The van der Waals surface area contributed by atoms with Crippen LogP contribution in [0.5, 0.6) is 0 Å². The zero-order valence-electron chi connectivity index (χ0n) is 18.8. The summed E-state index contributed by atoms with van der Waals surface area (Å²) in [5.74, 6) is 0.0441. The Morgan fingerprint density at radius 2 is 1.67 bits per heavy atom. The van der Waals surface area contributed by atoms with E-state index in [1.165, 1.54) is 19.3 Å². The largest absolute Gasteiger partial charge is 0.351 e. The van der Waals surface area contributed by atoms with Crippen molar-refractivity contribution in [1.29, 1.82) is 0 Å². The number of likely N-dealkylation sites (tertiary alicyclic amines) is 1. The predicted octanol–water partition coefficient (Wildman–Crippen LogP) is 5.07. The molecule has 1 aliphatic carbocycles. The van der Waals surface area contributed by atoms with Crippen molar-refractivity contribution < 1.29 is 9.59 Å². The standard InChI is InChI=1S/C26H31Cl2N3O2/c27-23-15-20(17-6-8-18(9-7-17)25(32)30-12-11-29)16-24(28)22(23)14-19-10-13-31(26(19)33)21-4-2-1-3-5-21/h6-9,15-16,19,21H,1-5,10-14,29H2,(H,30,32). The molecule has 3 N–H and O–H groups in total. The van der Waals surface area contributed by atoms with E-state index < -0.39 is 0 Å². The third kappa shape index (κ3) is 5.53. The van der Waals surface area contributed by atoms with Crippen LogP contribution in [-0.4, -0.2) is 42.4 Å². The maximum Gasteiger partial charge on any atom is 0.251 e. The van der Waals surface area contributed by atoms with E-state index in [0.717, 1.165) is 42.5 Å². The lowest BCUT2D eigenvalue weighted by molar-refractivity contribution is -0.133. The van der Waals surface area contributed by atoms with Crippen LogP contribution in [0, 0.1) is 5.92 Å². The Bertz CT molecular complexity index is 980. The summed E-state index contributed by atoms with van der Waals surface area (Å²) < 4.78 is 0. The molecule has 5 nitrogen and oxygen atoms in total. The highest BCUT2D eigenvalue weighted by molar-refractivity contribution is 6.36. The quantitative estimate of drug-likeness (QED) is 0.571. The Morgan fingerprint density at radius 1 is 1.00 bits per heavy atom. The van der Waals surface area contributed by atoms with Crippen LogP contribution in [0.2, 0.25) is 10.0 Å². The molecule has 1 aliphatic heterocycles. The number of hydrogen-bond acceptors (Lipinski definition) is 3. The van der Waals surface area contributed by atoms with Crippen molar-refractivity contribution in [3.8, 4) is 11.1 Å². The molecular weight excluding hydrogens is 457 g/mol. The minimum absolute atomic E-state index is 0.0564. The van der Waals surface area contributed by atoms with E-state index in [1.807, 2.05) is 24.3 Å². The van der Waals surface area contributed by atoms with Crippen LogP contribution in [0.15, 0.2) is 36.4 Å². The van der Waals surface area contributed by atoms with Crippen LogP contribution in [0.1, 0.15) is 54.4 Å². The predicted molar refractivity (Wildman–Crippen MR) is 134 cm³/mol. The second-order valence-corrected chi connectivity index (χ2v) is 9.87. The molecule has 1 unspecified atom stereocenters. The van der Waals surface area contributed by atoms with Crippen LogP contribution in [-0.2, 0) is 11.2 Å². The second kappa shape index (κ2) is 10.9. The Hall–Kier alpha value is -2.08. The molecule has 0 bridgehead atoms. The molecule has 33 heavy (non-hydrogen) atoms. The molecule has 1 atom stereocenters. The molecule has 2 aromatic carbocycles. The van der Waals surface area contributed by atoms with E-state index in [0.29, 0.717) is 41.2 Å². The number of rotatable bonds is 7. The van der Waals surface area contributed by atoms with Crippen LogP contribution >= 0.6 is 23.2 Å². The lowest BCUT2D eigenvalue weighted by Gasteiger charge is -2.31. The third-order valence-corrected chi connectivity index (χ3v) is 7.54. The maximum absolute atomic E-state index is 13.1. The first-order valence-electron chi connectivity index (χ1n) is 11.8. The fraction of sp³-hybridized carbons (Fsp3) is 0.462. The smallest absolute Gasteiger partial charge is 0.251 e. The summed E-state index contributed by atoms with van der Waals surface area (Å²) in [4.78, 5) is 27.3. The van der Waals surface area contributed by atoms with Crippen molar-refractivity contribution in [3.05, 3.63) is 57.6 Å². The van der Waals surface area contributed by atoms with Crippen LogP contribution in [0.4, 0.5) is 0 Å². The summed E-state index contributed by atoms with van der Waals surface area (Å²) in [5.41, 5.74) is 8.64. The Kier molecular flexibility index (Phi) is 7.94. The topological polar surface area (TPSA) is 75.4 Å². The summed E-state index contributed by atoms with van der Waals surface area (Å²) in [7, 11) is 0. The molecule has 7 heteroatoms. The van der Waals surface area contributed by atoms with Gasteiger partial charge in [-0.1, -0.05) is 54.6 Å². The highest BCUT2D eigenvalue weighted by Crippen LogP contribution is 2.36. The van der Waals surface area contributed by atoms with Gasteiger partial charge in [0.25, 0.3) is 5.91 Å². The minimum Gasteiger partial charge on any atom is -0.351 e. The Balaban J connectivity index is 1.45. The van der Waals surface area contributed by atoms with Crippen molar-refractivity contribution in [2.45, 2.75) is 51.0 Å². The van der Waals surface area contributed by atoms with Gasteiger partial charge in [0.2, 0.25) is 5.91 Å². The van der Waals surface area contributed by atoms with Gasteiger partial charge in [-0.3, -0.25) is 9.59 Å².